The molecule has 2 saturated heterocycles. The fourth-order valence-electron chi connectivity index (χ4n) is 1.99. The number of hydrogen-bond acceptors (Lipinski definition) is 5. The quantitative estimate of drug-likeness (QED) is 0.652. The molecule has 0 aliphatic carbocycles. The summed E-state index contributed by atoms with van der Waals surface area (Å²) in [5, 5.41) is 0. The van der Waals surface area contributed by atoms with Crippen LogP contribution in [0.4, 0.5) is 0 Å². The molecule has 0 aromatic heterocycles. The molecule has 0 radical (unpaired) electrons. The molecule has 0 spiro atoms. The molecule has 2 aliphatic heterocycles. The van der Waals surface area contributed by atoms with Gasteiger partial charge in [0.2, 0.25) is 0 Å². The van der Waals surface area contributed by atoms with Gasteiger partial charge in [-0.3, -0.25) is 0 Å². The van der Waals surface area contributed by atoms with E-state index >= 15 is 0 Å². The maximum Gasteiger partial charge on any atom is 0.282 e. The van der Waals surface area contributed by atoms with Crippen molar-refractivity contribution in [2.45, 2.75) is 6.10 Å². The summed E-state index contributed by atoms with van der Waals surface area (Å²) in [5.41, 5.74) is 5.51. The van der Waals surface area contributed by atoms with Crippen molar-refractivity contribution in [3.8, 4) is 0 Å². The van der Waals surface area contributed by atoms with Crippen LogP contribution in [0.5, 0.6) is 0 Å². The maximum absolute atomic E-state index is 12.3. The Bertz CT molecular complexity index is 342. The summed E-state index contributed by atoms with van der Waals surface area (Å²) in [7, 11) is -3.38. The third kappa shape index (κ3) is 2.95. The second-order valence-corrected chi connectivity index (χ2v) is 6.03. The lowest BCUT2D eigenvalue weighted by atomic mass is 10.3. The van der Waals surface area contributed by atoms with Crippen LogP contribution < -0.4 is 5.73 Å². The lowest BCUT2D eigenvalue weighted by molar-refractivity contribution is 0.000570. The van der Waals surface area contributed by atoms with E-state index in [1.807, 2.05) is 0 Å². The van der Waals surface area contributed by atoms with Crippen LogP contribution in [0.15, 0.2) is 0 Å². The Morgan fingerprint density at radius 1 is 1.12 bits per heavy atom. The molecule has 8 heteroatoms. The monoisotopic (exact) mass is 265 g/mol. The molecule has 0 aromatic rings. The van der Waals surface area contributed by atoms with Gasteiger partial charge >= 0.3 is 0 Å². The number of hydrogen-bond donors (Lipinski definition) is 1. The summed E-state index contributed by atoms with van der Waals surface area (Å²) in [6.45, 7) is 3.26. The van der Waals surface area contributed by atoms with E-state index in [1.165, 1.54) is 8.61 Å². The zero-order valence-electron chi connectivity index (χ0n) is 9.75. The zero-order chi connectivity index (χ0) is 12.3. The first kappa shape index (κ1) is 13.2. The van der Waals surface area contributed by atoms with Crippen LogP contribution in [0.25, 0.3) is 0 Å². The number of ether oxygens (including phenoxy) is 2. The van der Waals surface area contributed by atoms with Crippen LogP contribution in [0.2, 0.25) is 0 Å². The van der Waals surface area contributed by atoms with Gasteiger partial charge in [0.25, 0.3) is 10.2 Å². The van der Waals surface area contributed by atoms with Crippen molar-refractivity contribution in [2.75, 3.05) is 52.5 Å². The molecule has 17 heavy (non-hydrogen) atoms. The molecule has 2 aliphatic rings. The molecule has 2 N–H and O–H groups in total. The van der Waals surface area contributed by atoms with E-state index in [-0.39, 0.29) is 6.10 Å². The van der Waals surface area contributed by atoms with Crippen molar-refractivity contribution in [3.05, 3.63) is 0 Å². The Morgan fingerprint density at radius 3 is 2.41 bits per heavy atom. The summed E-state index contributed by atoms with van der Waals surface area (Å²) >= 11 is 0. The molecule has 100 valence electrons. The van der Waals surface area contributed by atoms with Gasteiger partial charge < -0.3 is 15.2 Å². The molecule has 0 aromatic carbocycles. The molecule has 2 heterocycles. The van der Waals surface area contributed by atoms with Gasteiger partial charge in [-0.2, -0.15) is 17.0 Å². The van der Waals surface area contributed by atoms with E-state index in [0.29, 0.717) is 52.5 Å². The predicted molar refractivity (Wildman–Crippen MR) is 61.7 cm³/mol. The second-order valence-electron chi connectivity index (χ2n) is 4.11. The van der Waals surface area contributed by atoms with Crippen molar-refractivity contribution < 1.29 is 17.9 Å². The largest absolute Gasteiger partial charge is 0.379 e. The standard InChI is InChI=1S/C9H19N3O4S/c10-7-9-8-12(3-6-16-9)17(13,14)11-1-4-15-5-2-11/h9H,1-8,10H2. The second kappa shape index (κ2) is 5.59. The third-order valence-electron chi connectivity index (χ3n) is 2.99. The van der Waals surface area contributed by atoms with E-state index in [2.05, 4.69) is 0 Å². The van der Waals surface area contributed by atoms with Crippen LogP contribution in [0.1, 0.15) is 0 Å². The summed E-state index contributed by atoms with van der Waals surface area (Å²) < 4.78 is 38.1. The smallest absolute Gasteiger partial charge is 0.282 e. The number of nitrogens with zero attached hydrogens (tertiary/aromatic N) is 2. The van der Waals surface area contributed by atoms with Gasteiger partial charge in [0.05, 0.1) is 25.9 Å². The fraction of sp³-hybridized carbons (Fsp3) is 1.00. The number of morpholine rings is 2. The Hall–Kier alpha value is -0.250. The molecular formula is C9H19N3O4S. The molecule has 0 saturated carbocycles. The van der Waals surface area contributed by atoms with Gasteiger partial charge in [0, 0.05) is 32.7 Å². The van der Waals surface area contributed by atoms with Gasteiger partial charge in [0.1, 0.15) is 0 Å². The molecule has 1 atom stereocenters. The maximum atomic E-state index is 12.3. The molecule has 0 amide bonds. The Balaban J connectivity index is 2.03. The average molecular weight is 265 g/mol. The van der Waals surface area contributed by atoms with Crippen LogP contribution in [-0.2, 0) is 19.7 Å². The number of rotatable bonds is 3. The first-order chi connectivity index (χ1) is 8.14. The highest BCUT2D eigenvalue weighted by molar-refractivity contribution is 7.86. The Labute approximate surface area is 102 Å². The van der Waals surface area contributed by atoms with Crippen LogP contribution >= 0.6 is 0 Å². The highest BCUT2D eigenvalue weighted by Crippen LogP contribution is 2.14. The minimum atomic E-state index is -3.38. The fourth-order valence-corrected chi connectivity index (χ4v) is 3.58. The zero-order valence-corrected chi connectivity index (χ0v) is 10.6. The van der Waals surface area contributed by atoms with Crippen molar-refractivity contribution in [1.82, 2.24) is 8.61 Å². The SMILES string of the molecule is NCC1CN(S(=O)(=O)N2CCOCC2)CCO1. The van der Waals surface area contributed by atoms with Gasteiger partial charge in [-0.05, 0) is 0 Å². The molecular weight excluding hydrogens is 246 g/mol. The highest BCUT2D eigenvalue weighted by atomic mass is 32.2. The van der Waals surface area contributed by atoms with Crippen molar-refractivity contribution in [1.29, 1.82) is 0 Å². The lowest BCUT2D eigenvalue weighted by Gasteiger charge is -2.36. The van der Waals surface area contributed by atoms with E-state index < -0.39 is 10.2 Å². The van der Waals surface area contributed by atoms with Gasteiger partial charge in [-0.15, -0.1) is 0 Å². The van der Waals surface area contributed by atoms with Crippen LogP contribution in [-0.4, -0.2) is 75.7 Å². The normalized spacial score (nSPS) is 29.4. The van der Waals surface area contributed by atoms with E-state index in [4.69, 9.17) is 15.2 Å². The molecule has 1 unspecified atom stereocenters. The first-order valence-electron chi connectivity index (χ1n) is 5.79. The average Bonchev–Trinajstić information content (AvgIpc) is 2.40. The minimum Gasteiger partial charge on any atom is -0.379 e. The highest BCUT2D eigenvalue weighted by Gasteiger charge is 2.34. The number of nitrogens with two attached hydrogens (primary N) is 1. The predicted octanol–water partition coefficient (Wildman–Crippen LogP) is -1.78. The minimum absolute atomic E-state index is 0.195. The molecule has 2 fully saturated rings. The van der Waals surface area contributed by atoms with Crippen molar-refractivity contribution in [3.63, 3.8) is 0 Å². The van der Waals surface area contributed by atoms with E-state index in [9.17, 15) is 8.42 Å². The Morgan fingerprint density at radius 2 is 1.76 bits per heavy atom. The first-order valence-corrected chi connectivity index (χ1v) is 7.19. The van der Waals surface area contributed by atoms with Gasteiger partial charge in [-0.1, -0.05) is 0 Å². The van der Waals surface area contributed by atoms with Gasteiger partial charge in [-0.25, -0.2) is 0 Å². The Kier molecular flexibility index (Phi) is 4.34. The van der Waals surface area contributed by atoms with Crippen LogP contribution in [0, 0.1) is 0 Å². The van der Waals surface area contributed by atoms with Gasteiger partial charge in [0.15, 0.2) is 0 Å². The molecule has 7 nitrogen and oxygen atoms in total. The summed E-state index contributed by atoms with van der Waals surface area (Å²) in [6, 6.07) is 0. The van der Waals surface area contributed by atoms with Crippen LogP contribution in [0.3, 0.4) is 0 Å². The molecule has 0 bridgehead atoms. The summed E-state index contributed by atoms with van der Waals surface area (Å²) in [5.74, 6) is 0. The third-order valence-corrected chi connectivity index (χ3v) is 4.99. The van der Waals surface area contributed by atoms with Crippen molar-refractivity contribution >= 4 is 10.2 Å². The topological polar surface area (TPSA) is 85.1 Å². The lowest BCUT2D eigenvalue weighted by Crippen LogP contribution is -2.54. The summed E-state index contributed by atoms with van der Waals surface area (Å²) in [6.07, 6.45) is -0.195. The van der Waals surface area contributed by atoms with Crippen molar-refractivity contribution in [2.24, 2.45) is 5.73 Å². The van der Waals surface area contributed by atoms with E-state index in [1.54, 1.807) is 0 Å². The molecule has 2 rings (SSSR count). The summed E-state index contributed by atoms with van der Waals surface area (Å²) in [4.78, 5) is 0. The van der Waals surface area contributed by atoms with E-state index in [0.717, 1.165) is 0 Å².